The van der Waals surface area contributed by atoms with E-state index in [0.717, 1.165) is 6.08 Å². The number of phenolic OH excluding ortho intramolecular Hbond substituents is 3. The third-order valence-electron chi connectivity index (χ3n) is 7.26. The van der Waals surface area contributed by atoms with Crippen LogP contribution >= 0.6 is 0 Å². The van der Waals surface area contributed by atoms with Crippen molar-refractivity contribution in [2.24, 2.45) is 0 Å². The highest BCUT2D eigenvalue weighted by Gasteiger charge is 2.46. The summed E-state index contributed by atoms with van der Waals surface area (Å²) in [4.78, 5) is 12.3. The number of esters is 1. The molecule has 0 spiro atoms. The molecule has 45 heavy (non-hydrogen) atoms. The van der Waals surface area contributed by atoms with E-state index in [1.807, 2.05) is 0 Å². The summed E-state index contributed by atoms with van der Waals surface area (Å²) in [5.41, 5.74) is 0.922. The number of hydrogen-bond acceptors (Lipinski definition) is 16. The predicted octanol–water partition coefficient (Wildman–Crippen LogP) is -2.39. The first-order valence-electron chi connectivity index (χ1n) is 13.9. The number of rotatable bonds is 11. The van der Waals surface area contributed by atoms with E-state index < -0.39 is 86.3 Å². The standard InChI is InChI=1S/C29H36O16/c30-11-19-22(35)24(37)27(40)29(44-19)43-18-5-2-13(10-17(18)33)3-6-21(34)42-12-20-23(36)25(38)26(39)28(45-20)41-8-7-14-1-4-15(31)16(32)9-14/h1-6,9-10,19-20,22-33,35-40H,7-8,11-12H2. The van der Waals surface area contributed by atoms with Crippen molar-refractivity contribution in [2.45, 2.75) is 67.8 Å². The van der Waals surface area contributed by atoms with E-state index in [1.54, 1.807) is 6.07 Å². The Bertz CT molecular complexity index is 1320. The van der Waals surface area contributed by atoms with Crippen molar-refractivity contribution in [1.29, 1.82) is 0 Å². The fourth-order valence-corrected chi connectivity index (χ4v) is 4.61. The van der Waals surface area contributed by atoms with Crippen molar-refractivity contribution in [3.05, 3.63) is 53.6 Å². The van der Waals surface area contributed by atoms with Gasteiger partial charge in [-0.3, -0.25) is 0 Å². The highest BCUT2D eigenvalue weighted by atomic mass is 16.7. The Kier molecular flexibility index (Phi) is 11.6. The highest BCUT2D eigenvalue weighted by molar-refractivity contribution is 5.87. The molecule has 2 aromatic carbocycles. The van der Waals surface area contributed by atoms with Crippen LogP contribution in [0.4, 0.5) is 0 Å². The summed E-state index contributed by atoms with van der Waals surface area (Å²) in [7, 11) is 0. The summed E-state index contributed by atoms with van der Waals surface area (Å²) in [5.74, 6) is -2.07. The normalized spacial score (nSPS) is 32.0. The lowest BCUT2D eigenvalue weighted by Crippen LogP contribution is -2.60. The Labute approximate surface area is 256 Å². The van der Waals surface area contributed by atoms with Gasteiger partial charge in [0.25, 0.3) is 0 Å². The van der Waals surface area contributed by atoms with Gasteiger partial charge in [-0.15, -0.1) is 0 Å². The van der Waals surface area contributed by atoms with Crippen LogP contribution in [0.5, 0.6) is 23.0 Å². The molecule has 16 nitrogen and oxygen atoms in total. The number of aliphatic hydroxyl groups is 7. The largest absolute Gasteiger partial charge is 0.504 e. The van der Waals surface area contributed by atoms with Crippen molar-refractivity contribution in [3.8, 4) is 23.0 Å². The second-order valence-electron chi connectivity index (χ2n) is 10.5. The maximum atomic E-state index is 12.3. The summed E-state index contributed by atoms with van der Waals surface area (Å²) in [6.07, 6.45) is -12.6. The van der Waals surface area contributed by atoms with Gasteiger partial charge in [0.2, 0.25) is 6.29 Å². The lowest BCUT2D eigenvalue weighted by atomic mass is 9.99. The van der Waals surface area contributed by atoms with Gasteiger partial charge in [0.1, 0.15) is 55.4 Å². The Morgan fingerprint density at radius 1 is 0.756 bits per heavy atom. The Hall–Kier alpha value is -3.55. The van der Waals surface area contributed by atoms with Crippen molar-refractivity contribution >= 4 is 12.0 Å². The van der Waals surface area contributed by atoms with Gasteiger partial charge >= 0.3 is 5.97 Å². The van der Waals surface area contributed by atoms with E-state index >= 15 is 0 Å². The lowest BCUT2D eigenvalue weighted by molar-refractivity contribution is -0.301. The van der Waals surface area contributed by atoms with Gasteiger partial charge in [0.15, 0.2) is 29.3 Å². The van der Waals surface area contributed by atoms with Gasteiger partial charge in [-0.05, 0) is 47.9 Å². The summed E-state index contributed by atoms with van der Waals surface area (Å²) < 4.78 is 26.8. The summed E-state index contributed by atoms with van der Waals surface area (Å²) in [5, 5.41) is 99.3. The number of aliphatic hydroxyl groups excluding tert-OH is 7. The van der Waals surface area contributed by atoms with E-state index in [0.29, 0.717) is 11.1 Å². The summed E-state index contributed by atoms with van der Waals surface area (Å²) in [6.45, 7) is -1.20. The Morgan fingerprint density at radius 3 is 2.09 bits per heavy atom. The van der Waals surface area contributed by atoms with Crippen molar-refractivity contribution in [3.63, 3.8) is 0 Å². The van der Waals surface area contributed by atoms with Crippen LogP contribution in [-0.4, -0.2) is 138 Å². The number of phenols is 3. The predicted molar refractivity (Wildman–Crippen MR) is 149 cm³/mol. The molecule has 4 rings (SSSR count). The van der Waals surface area contributed by atoms with Crippen LogP contribution in [0.1, 0.15) is 11.1 Å². The number of carbonyl (C=O) groups excluding carboxylic acids is 1. The maximum absolute atomic E-state index is 12.3. The molecule has 2 aliphatic rings. The van der Waals surface area contributed by atoms with E-state index in [2.05, 4.69) is 0 Å². The van der Waals surface area contributed by atoms with Crippen LogP contribution in [0.25, 0.3) is 6.08 Å². The van der Waals surface area contributed by atoms with Crippen molar-refractivity contribution in [1.82, 2.24) is 0 Å². The van der Waals surface area contributed by atoms with Crippen molar-refractivity contribution < 1.29 is 79.5 Å². The molecule has 0 amide bonds. The van der Waals surface area contributed by atoms with Gasteiger partial charge in [-0.2, -0.15) is 0 Å². The highest BCUT2D eigenvalue weighted by Crippen LogP contribution is 2.32. The molecule has 2 heterocycles. The van der Waals surface area contributed by atoms with Gasteiger partial charge in [0.05, 0.1) is 13.2 Å². The molecule has 2 aromatic rings. The average molecular weight is 641 g/mol. The lowest BCUT2D eigenvalue weighted by Gasteiger charge is -2.39. The zero-order chi connectivity index (χ0) is 32.8. The molecule has 0 aromatic heterocycles. The summed E-state index contributed by atoms with van der Waals surface area (Å²) in [6, 6.07) is 8.10. The van der Waals surface area contributed by atoms with Crippen molar-refractivity contribution in [2.75, 3.05) is 19.8 Å². The number of benzene rings is 2. The third kappa shape index (κ3) is 8.39. The molecule has 10 atom stereocenters. The van der Waals surface area contributed by atoms with E-state index in [9.17, 15) is 55.9 Å². The third-order valence-corrected chi connectivity index (χ3v) is 7.26. The number of hydrogen-bond donors (Lipinski definition) is 10. The number of aromatic hydroxyl groups is 3. The molecule has 10 N–H and O–H groups in total. The fourth-order valence-electron chi connectivity index (χ4n) is 4.61. The number of carbonyl (C=O) groups is 1. The quantitative estimate of drug-likeness (QED) is 0.0697. The molecule has 2 saturated heterocycles. The topological polar surface area (TPSA) is 266 Å². The Morgan fingerprint density at radius 2 is 1.42 bits per heavy atom. The smallest absolute Gasteiger partial charge is 0.330 e. The van der Waals surface area contributed by atoms with E-state index in [4.69, 9.17) is 23.7 Å². The minimum atomic E-state index is -1.68. The first-order valence-corrected chi connectivity index (χ1v) is 13.9. The first kappa shape index (κ1) is 34.3. The van der Waals surface area contributed by atoms with Gasteiger partial charge in [-0.25, -0.2) is 4.79 Å². The molecule has 248 valence electrons. The fraction of sp³-hybridized carbons (Fsp3) is 0.483. The molecule has 0 aliphatic carbocycles. The molecule has 2 fully saturated rings. The molecule has 0 bridgehead atoms. The van der Waals surface area contributed by atoms with Gasteiger partial charge < -0.3 is 74.7 Å². The van der Waals surface area contributed by atoms with Crippen LogP contribution in [0.2, 0.25) is 0 Å². The second-order valence-corrected chi connectivity index (χ2v) is 10.5. The van der Waals surface area contributed by atoms with Gasteiger partial charge in [0, 0.05) is 6.08 Å². The molecule has 2 aliphatic heterocycles. The van der Waals surface area contributed by atoms with Crippen LogP contribution < -0.4 is 4.74 Å². The van der Waals surface area contributed by atoms with E-state index in [-0.39, 0.29) is 30.3 Å². The minimum absolute atomic E-state index is 0.0246. The monoisotopic (exact) mass is 640 g/mol. The van der Waals surface area contributed by atoms with Gasteiger partial charge in [-0.1, -0.05) is 12.1 Å². The Balaban J connectivity index is 1.28. The van der Waals surface area contributed by atoms with Crippen LogP contribution in [0.3, 0.4) is 0 Å². The molecular formula is C29H36O16. The number of ether oxygens (including phenoxy) is 5. The molecule has 16 heteroatoms. The van der Waals surface area contributed by atoms with E-state index in [1.165, 1.54) is 36.4 Å². The second kappa shape index (κ2) is 15.2. The molecule has 0 saturated carbocycles. The molecular weight excluding hydrogens is 604 g/mol. The first-order chi connectivity index (χ1) is 21.4. The average Bonchev–Trinajstić information content (AvgIpc) is 3.02. The SMILES string of the molecule is O=C(C=Cc1ccc(OC2OC(CO)C(O)C(O)C2O)c(O)c1)OCC1OC(OCCc2ccc(O)c(O)c2)C(O)C(O)C1O. The van der Waals surface area contributed by atoms with Crippen LogP contribution in [0.15, 0.2) is 42.5 Å². The summed E-state index contributed by atoms with van der Waals surface area (Å²) >= 11 is 0. The molecule has 10 unspecified atom stereocenters. The van der Waals surface area contributed by atoms with Crippen LogP contribution in [0, 0.1) is 0 Å². The zero-order valence-corrected chi connectivity index (χ0v) is 23.6. The maximum Gasteiger partial charge on any atom is 0.330 e. The zero-order valence-electron chi connectivity index (χ0n) is 23.6. The molecule has 0 radical (unpaired) electrons. The van der Waals surface area contributed by atoms with Crippen LogP contribution in [-0.2, 0) is 30.2 Å². The minimum Gasteiger partial charge on any atom is -0.504 e.